The molecular formula is C27H30IN2O3S-. The van der Waals surface area contributed by atoms with Crippen LogP contribution in [0.3, 0.4) is 0 Å². The van der Waals surface area contributed by atoms with Crippen LogP contribution < -0.4 is 21.2 Å². The molecule has 3 fully saturated rings. The molecule has 34 heavy (non-hydrogen) atoms. The van der Waals surface area contributed by atoms with Gasteiger partial charge in [-0.05, 0) is 0 Å². The van der Waals surface area contributed by atoms with Gasteiger partial charge in [-0.1, -0.05) is 0 Å². The number of hydrogen-bond acceptors (Lipinski definition) is 6. The number of ketones is 3. The first-order valence-electron chi connectivity index (χ1n) is 12.4. The van der Waals surface area contributed by atoms with Crippen molar-refractivity contribution in [2.24, 2.45) is 39.5 Å². The van der Waals surface area contributed by atoms with Crippen LogP contribution in [0.4, 0.5) is 5.69 Å². The van der Waals surface area contributed by atoms with Gasteiger partial charge in [-0.3, -0.25) is 4.79 Å². The number of thioether (sulfide) groups is 1. The number of nitrogens with zero attached hydrogens (tertiary/aromatic N) is 2. The van der Waals surface area contributed by atoms with Crippen LogP contribution in [0.15, 0.2) is 35.0 Å². The second kappa shape index (κ2) is 8.36. The number of pyridine rings is 1. The Labute approximate surface area is 215 Å². The molecule has 0 amide bonds. The topological polar surface area (TPSA) is 76.5 Å². The van der Waals surface area contributed by atoms with Crippen molar-refractivity contribution in [1.29, 1.82) is 0 Å². The number of halogens is 1. The van der Waals surface area contributed by atoms with Gasteiger partial charge in [-0.25, -0.2) is 0 Å². The molecule has 0 spiro atoms. The zero-order valence-electron chi connectivity index (χ0n) is 19.7. The van der Waals surface area contributed by atoms with Crippen molar-refractivity contribution in [3.05, 3.63) is 33.7 Å². The molecule has 1 aliphatic heterocycles. The second-order valence-corrected chi connectivity index (χ2v) is 15.4. The van der Waals surface area contributed by atoms with Gasteiger partial charge in [0.25, 0.3) is 0 Å². The third kappa shape index (κ3) is 3.51. The number of hydrogen-bond donors (Lipinski definition) is 0. The van der Waals surface area contributed by atoms with Crippen molar-refractivity contribution < 1.29 is 35.6 Å². The Morgan fingerprint density at radius 1 is 1.21 bits per heavy atom. The first-order valence-corrected chi connectivity index (χ1v) is 15.5. The predicted molar refractivity (Wildman–Crippen MR) is 128 cm³/mol. The van der Waals surface area contributed by atoms with E-state index < -0.39 is 0 Å². The van der Waals surface area contributed by atoms with Crippen LogP contribution in [-0.2, 0) is 14.4 Å². The van der Waals surface area contributed by atoms with Gasteiger partial charge < -0.3 is 0 Å². The Kier molecular flexibility index (Phi) is 5.67. The quantitative estimate of drug-likeness (QED) is 0.398. The predicted octanol–water partition coefficient (Wildman–Crippen LogP) is 1.97. The number of Topliss-reactive ketones (excluding diaryl/α,β-unsaturated/α-hetero) is 2. The molecule has 6 rings (SSSR count). The maximum absolute atomic E-state index is 13.7. The molecule has 180 valence electrons. The SMILES string of the molecule is CC12CCC(=O)C=C1CCC1C2C(=O)CC2(C)C1CC[C@@H]2C(=O)CSC1=Nc2cccnc2[I-]1. The molecular weight excluding hydrogens is 559 g/mol. The van der Waals surface area contributed by atoms with Crippen molar-refractivity contribution in [3.63, 3.8) is 0 Å². The third-order valence-corrected chi connectivity index (χ3v) is 13.7. The van der Waals surface area contributed by atoms with Gasteiger partial charge in [-0.15, -0.1) is 0 Å². The van der Waals surface area contributed by atoms with Crippen molar-refractivity contribution in [3.8, 4) is 0 Å². The number of aliphatic imine (C=N–C) groups is 1. The maximum atomic E-state index is 13.7. The fraction of sp³-hybridized carbons (Fsp3) is 0.593. The summed E-state index contributed by atoms with van der Waals surface area (Å²) >= 11 is 1.21. The van der Waals surface area contributed by atoms with Crippen LogP contribution in [0.1, 0.15) is 58.8 Å². The van der Waals surface area contributed by atoms with E-state index in [0.29, 0.717) is 42.0 Å². The van der Waals surface area contributed by atoms with E-state index in [2.05, 4.69) is 18.8 Å². The molecule has 6 atom stereocenters. The van der Waals surface area contributed by atoms with Crippen LogP contribution >= 0.6 is 11.8 Å². The minimum atomic E-state index is -0.387. The summed E-state index contributed by atoms with van der Waals surface area (Å²) in [6, 6.07) is 3.91. The van der Waals surface area contributed by atoms with E-state index in [1.54, 1.807) is 11.8 Å². The molecule has 0 saturated heterocycles. The summed E-state index contributed by atoms with van der Waals surface area (Å²) in [5.74, 6) is 2.06. The zero-order valence-corrected chi connectivity index (χ0v) is 22.7. The molecule has 1 aromatic rings. The Balaban J connectivity index is 1.18. The molecule has 0 bridgehead atoms. The van der Waals surface area contributed by atoms with E-state index in [0.717, 1.165) is 44.5 Å². The van der Waals surface area contributed by atoms with Crippen molar-refractivity contribution in [2.45, 2.75) is 58.8 Å². The molecule has 5 nitrogen and oxygen atoms in total. The summed E-state index contributed by atoms with van der Waals surface area (Å²) < 4.78 is 2.17. The van der Waals surface area contributed by atoms with Crippen molar-refractivity contribution in [2.75, 3.05) is 5.75 Å². The van der Waals surface area contributed by atoms with Crippen LogP contribution in [0, 0.1) is 38.2 Å². The summed E-state index contributed by atoms with van der Waals surface area (Å²) in [6.07, 6.45) is 9.39. The van der Waals surface area contributed by atoms with Gasteiger partial charge in [0.2, 0.25) is 0 Å². The van der Waals surface area contributed by atoms with Gasteiger partial charge in [0.15, 0.2) is 5.78 Å². The van der Waals surface area contributed by atoms with E-state index in [1.165, 1.54) is 5.57 Å². The number of rotatable bonds is 3. The molecule has 0 radical (unpaired) electrons. The Bertz CT molecular complexity index is 1160. The molecule has 5 unspecified atom stereocenters. The van der Waals surface area contributed by atoms with E-state index in [9.17, 15) is 14.4 Å². The summed E-state index contributed by atoms with van der Waals surface area (Å²) in [6.45, 7) is 4.46. The van der Waals surface area contributed by atoms with Crippen molar-refractivity contribution >= 4 is 37.8 Å². The van der Waals surface area contributed by atoms with Crippen LogP contribution in [-0.4, -0.2) is 31.1 Å². The molecule has 7 heteroatoms. The average Bonchev–Trinajstić information content (AvgIpc) is 3.37. The Morgan fingerprint density at radius 3 is 2.88 bits per heavy atom. The fourth-order valence-corrected chi connectivity index (χ4v) is 11.7. The van der Waals surface area contributed by atoms with Crippen LogP contribution in [0.2, 0.25) is 0 Å². The van der Waals surface area contributed by atoms with Crippen LogP contribution in [0.25, 0.3) is 0 Å². The fourth-order valence-electron chi connectivity index (χ4n) is 7.93. The molecule has 3 saturated carbocycles. The summed E-state index contributed by atoms with van der Waals surface area (Å²) in [5, 5.41) is 0. The second-order valence-electron chi connectivity index (χ2n) is 11.1. The first-order chi connectivity index (χ1) is 16.3. The summed E-state index contributed by atoms with van der Waals surface area (Å²) in [7, 11) is 0. The van der Waals surface area contributed by atoms with E-state index in [4.69, 9.17) is 4.99 Å². The standard InChI is InChI=1S/C27H30IN2O3S/c1-26-10-9-16(31)12-15(26)5-6-17-18-7-8-19(27(18,2)13-21(32)23(17)26)22(33)14-34-25-28-24-20(30-25)4-3-11-29-24/h3-4,11-12,17-19,23H,5-10,13-14H2,1-2H3/q-1/t17?,18?,19-,23?,26?,27?/m1/s1. The Morgan fingerprint density at radius 2 is 2.06 bits per heavy atom. The molecule has 0 N–H and O–H groups in total. The number of carbonyl (C=O) groups is 3. The molecule has 4 aliphatic carbocycles. The third-order valence-electron chi connectivity index (χ3n) is 9.49. The average molecular weight is 590 g/mol. The minimum absolute atomic E-state index is 0.0190. The number of carbonyl (C=O) groups excluding carboxylic acids is 3. The van der Waals surface area contributed by atoms with Gasteiger partial charge in [0.05, 0.1) is 0 Å². The van der Waals surface area contributed by atoms with Crippen LogP contribution in [0.5, 0.6) is 0 Å². The zero-order chi connectivity index (χ0) is 23.7. The molecule has 2 heterocycles. The monoisotopic (exact) mass is 589 g/mol. The van der Waals surface area contributed by atoms with Gasteiger partial charge in [0, 0.05) is 0 Å². The molecule has 1 aromatic heterocycles. The number of aromatic nitrogens is 1. The van der Waals surface area contributed by atoms with Gasteiger partial charge >= 0.3 is 206 Å². The number of fused-ring (bicyclic) bond motifs is 6. The first kappa shape index (κ1) is 23.1. The van der Waals surface area contributed by atoms with Crippen molar-refractivity contribution in [1.82, 2.24) is 4.98 Å². The summed E-state index contributed by atoms with van der Waals surface area (Å²) in [5.41, 5.74) is 1.78. The van der Waals surface area contributed by atoms with E-state index in [1.807, 2.05) is 24.4 Å². The van der Waals surface area contributed by atoms with Gasteiger partial charge in [-0.2, -0.15) is 0 Å². The van der Waals surface area contributed by atoms with Gasteiger partial charge in [0.1, 0.15) is 0 Å². The van der Waals surface area contributed by atoms with E-state index >= 15 is 0 Å². The molecule has 0 aromatic carbocycles. The van der Waals surface area contributed by atoms with E-state index in [-0.39, 0.29) is 49.7 Å². The summed E-state index contributed by atoms with van der Waals surface area (Å²) in [4.78, 5) is 48.4. The Hall–Kier alpha value is -1.35. The number of allylic oxidation sites excluding steroid dienone is 1. The normalized spacial score (nSPS) is 38.6. The molecule has 5 aliphatic rings.